The molecule has 0 aromatic rings. The van der Waals surface area contributed by atoms with Crippen molar-refractivity contribution in [1.82, 2.24) is 0 Å². The summed E-state index contributed by atoms with van der Waals surface area (Å²) in [5.74, 6) is 0. The first kappa shape index (κ1) is 6.62. The highest BCUT2D eigenvalue weighted by Gasteiger charge is 2.35. The minimum absolute atomic E-state index is 0.614. The average molecular weight is 142 g/mol. The summed E-state index contributed by atoms with van der Waals surface area (Å²) in [4.78, 5) is 0. The second-order valence-corrected chi connectivity index (χ2v) is 3.91. The van der Waals surface area contributed by atoms with Gasteiger partial charge in [0.25, 0.3) is 0 Å². The molecule has 2 aliphatic heterocycles. The molecule has 58 valence electrons. The first-order valence-electron chi connectivity index (χ1n) is 4.24. The Morgan fingerprint density at radius 1 is 1.40 bits per heavy atom. The first-order valence-corrected chi connectivity index (χ1v) is 4.24. The van der Waals surface area contributed by atoms with Crippen molar-refractivity contribution in [2.24, 2.45) is 0 Å². The quantitative estimate of drug-likeness (QED) is 0.407. The van der Waals surface area contributed by atoms with Gasteiger partial charge < -0.3 is 9.22 Å². The zero-order chi connectivity index (χ0) is 7.03. The van der Waals surface area contributed by atoms with Crippen molar-refractivity contribution in [1.29, 1.82) is 0 Å². The molecule has 0 spiro atoms. The van der Waals surface area contributed by atoms with Crippen LogP contribution in [0.3, 0.4) is 0 Å². The van der Waals surface area contributed by atoms with Gasteiger partial charge in [-0.25, -0.2) is 0 Å². The summed E-state index contributed by atoms with van der Waals surface area (Å²) in [6.45, 7) is 5.04. The van der Waals surface area contributed by atoms with Crippen LogP contribution in [0.5, 0.6) is 0 Å². The largest absolute Gasteiger partial charge is 0.367 e. The average Bonchev–Trinajstić information content (AvgIpc) is 2.56. The third-order valence-electron chi connectivity index (χ3n) is 2.69. The highest BCUT2D eigenvalue weighted by molar-refractivity contribution is 4.69. The molecule has 0 aromatic carbocycles. The summed E-state index contributed by atoms with van der Waals surface area (Å²) in [5.41, 5.74) is 0. The number of epoxide rings is 1. The van der Waals surface area contributed by atoms with Gasteiger partial charge in [0.2, 0.25) is 0 Å². The molecule has 2 rings (SSSR count). The Labute approximate surface area is 62.4 Å². The van der Waals surface area contributed by atoms with Crippen LogP contribution in [0.1, 0.15) is 12.8 Å². The fraction of sp³-hybridized carbons (Fsp3) is 1.00. The number of hydrogen-bond donors (Lipinski definition) is 0. The lowest BCUT2D eigenvalue weighted by atomic mass is 10.4. The molecule has 0 radical (unpaired) electrons. The molecule has 0 saturated carbocycles. The zero-order valence-electron chi connectivity index (χ0n) is 6.68. The number of quaternary nitrogens is 1. The maximum atomic E-state index is 5.22. The number of ether oxygens (including phenoxy) is 1. The summed E-state index contributed by atoms with van der Waals surface area (Å²) in [7, 11) is 2.36. The summed E-state index contributed by atoms with van der Waals surface area (Å²) in [5, 5.41) is 0. The Bertz CT molecular complexity index is 125. The smallest absolute Gasteiger partial charge is 0.130 e. The molecule has 2 heteroatoms. The van der Waals surface area contributed by atoms with E-state index in [4.69, 9.17) is 4.74 Å². The molecule has 2 nitrogen and oxygen atoms in total. The minimum atomic E-state index is 0.614. The van der Waals surface area contributed by atoms with E-state index in [0.717, 1.165) is 6.61 Å². The number of likely N-dealkylation sites (tertiary alicyclic amines) is 1. The van der Waals surface area contributed by atoms with E-state index in [1.807, 2.05) is 0 Å². The highest BCUT2D eigenvalue weighted by Crippen LogP contribution is 2.21. The van der Waals surface area contributed by atoms with Gasteiger partial charge in [-0.15, -0.1) is 0 Å². The monoisotopic (exact) mass is 142 g/mol. The van der Waals surface area contributed by atoms with Gasteiger partial charge in [0.05, 0.1) is 26.7 Å². The Balaban J connectivity index is 1.86. The fourth-order valence-electron chi connectivity index (χ4n) is 1.95. The number of nitrogens with zero attached hydrogens (tertiary/aromatic N) is 1. The summed E-state index contributed by atoms with van der Waals surface area (Å²) >= 11 is 0. The number of hydrogen-bond acceptors (Lipinski definition) is 1. The topological polar surface area (TPSA) is 12.5 Å². The van der Waals surface area contributed by atoms with Crippen LogP contribution in [0.2, 0.25) is 0 Å². The van der Waals surface area contributed by atoms with Crippen LogP contribution in [0.25, 0.3) is 0 Å². The van der Waals surface area contributed by atoms with Crippen molar-refractivity contribution in [2.75, 3.05) is 33.3 Å². The van der Waals surface area contributed by atoms with Crippen LogP contribution in [0.4, 0.5) is 0 Å². The van der Waals surface area contributed by atoms with Gasteiger partial charge in [-0.05, 0) is 0 Å². The lowest BCUT2D eigenvalue weighted by Gasteiger charge is -2.28. The molecule has 2 fully saturated rings. The van der Waals surface area contributed by atoms with E-state index in [2.05, 4.69) is 7.05 Å². The van der Waals surface area contributed by atoms with Gasteiger partial charge in [-0.1, -0.05) is 0 Å². The van der Waals surface area contributed by atoms with E-state index < -0.39 is 0 Å². The first-order chi connectivity index (χ1) is 4.79. The van der Waals surface area contributed by atoms with E-state index >= 15 is 0 Å². The predicted molar refractivity (Wildman–Crippen MR) is 39.8 cm³/mol. The highest BCUT2D eigenvalue weighted by atomic mass is 16.6. The van der Waals surface area contributed by atoms with Crippen molar-refractivity contribution in [2.45, 2.75) is 18.9 Å². The van der Waals surface area contributed by atoms with Crippen LogP contribution < -0.4 is 0 Å². The van der Waals surface area contributed by atoms with Gasteiger partial charge >= 0.3 is 0 Å². The van der Waals surface area contributed by atoms with Crippen molar-refractivity contribution in [3.63, 3.8) is 0 Å². The van der Waals surface area contributed by atoms with Crippen LogP contribution in [-0.2, 0) is 4.74 Å². The van der Waals surface area contributed by atoms with Crippen LogP contribution in [0, 0.1) is 0 Å². The molecule has 0 bridgehead atoms. The molecule has 2 heterocycles. The lowest BCUT2D eigenvalue weighted by molar-refractivity contribution is -0.898. The molecule has 0 N–H and O–H groups in total. The summed E-state index contributed by atoms with van der Waals surface area (Å²) in [6.07, 6.45) is 3.45. The minimum Gasteiger partial charge on any atom is -0.367 e. The molecule has 0 amide bonds. The van der Waals surface area contributed by atoms with Crippen molar-refractivity contribution < 1.29 is 9.22 Å². The van der Waals surface area contributed by atoms with Gasteiger partial charge in [0.15, 0.2) is 0 Å². The molecule has 2 aliphatic rings. The molecule has 1 unspecified atom stereocenters. The zero-order valence-corrected chi connectivity index (χ0v) is 6.68. The van der Waals surface area contributed by atoms with Gasteiger partial charge in [-0.3, -0.25) is 0 Å². The normalized spacial score (nSPS) is 36.3. The third-order valence-corrected chi connectivity index (χ3v) is 2.69. The predicted octanol–water partition coefficient (Wildman–Crippen LogP) is 0.626. The maximum Gasteiger partial charge on any atom is 0.130 e. The Morgan fingerprint density at radius 3 is 2.50 bits per heavy atom. The summed E-state index contributed by atoms with van der Waals surface area (Å²) < 4.78 is 6.49. The second kappa shape index (κ2) is 2.21. The van der Waals surface area contributed by atoms with Crippen LogP contribution >= 0.6 is 0 Å². The Hall–Kier alpha value is -0.0800. The molecule has 10 heavy (non-hydrogen) atoms. The Morgan fingerprint density at radius 2 is 2.00 bits per heavy atom. The van der Waals surface area contributed by atoms with Crippen molar-refractivity contribution >= 4 is 0 Å². The molecular formula is C8H16NO+. The van der Waals surface area contributed by atoms with E-state index in [1.165, 1.54) is 37.0 Å². The van der Waals surface area contributed by atoms with Crippen LogP contribution in [-0.4, -0.2) is 43.9 Å². The number of rotatable bonds is 2. The van der Waals surface area contributed by atoms with Crippen molar-refractivity contribution in [3.8, 4) is 0 Å². The van der Waals surface area contributed by atoms with Crippen molar-refractivity contribution in [3.05, 3.63) is 0 Å². The SMILES string of the molecule is C[N+]1(CC2CO2)CCCC1. The standard InChI is InChI=1S/C8H16NO/c1-9(4-2-3-5-9)6-8-7-10-8/h8H,2-7H2,1H3/q+1. The summed E-state index contributed by atoms with van der Waals surface area (Å²) in [6, 6.07) is 0. The lowest BCUT2D eigenvalue weighted by Crippen LogP contribution is -2.43. The Kier molecular flexibility index (Phi) is 1.46. The number of likely N-dealkylation sites (N-methyl/N-ethyl adjacent to an activating group) is 1. The molecular weight excluding hydrogens is 126 g/mol. The maximum absolute atomic E-state index is 5.22. The van der Waals surface area contributed by atoms with Gasteiger partial charge in [0.1, 0.15) is 12.6 Å². The van der Waals surface area contributed by atoms with E-state index in [9.17, 15) is 0 Å². The van der Waals surface area contributed by atoms with E-state index in [1.54, 1.807) is 0 Å². The molecule has 1 atom stereocenters. The van der Waals surface area contributed by atoms with E-state index in [0.29, 0.717) is 6.10 Å². The molecule has 0 aliphatic carbocycles. The van der Waals surface area contributed by atoms with Crippen LogP contribution in [0.15, 0.2) is 0 Å². The third kappa shape index (κ3) is 1.32. The second-order valence-electron chi connectivity index (χ2n) is 3.91. The van der Waals surface area contributed by atoms with E-state index in [-0.39, 0.29) is 0 Å². The van der Waals surface area contributed by atoms with Gasteiger partial charge in [-0.2, -0.15) is 0 Å². The molecule has 2 saturated heterocycles. The van der Waals surface area contributed by atoms with Gasteiger partial charge in [0, 0.05) is 12.8 Å². The fourth-order valence-corrected chi connectivity index (χ4v) is 1.95. The molecule has 0 aromatic heterocycles.